The molecule has 19 heavy (non-hydrogen) atoms. The van der Waals surface area contributed by atoms with Crippen LogP contribution in [0.5, 0.6) is 5.75 Å². The lowest BCUT2D eigenvalue weighted by molar-refractivity contribution is 0.337. The zero-order valence-corrected chi connectivity index (χ0v) is 11.9. The number of anilines is 1. The van der Waals surface area contributed by atoms with Crippen molar-refractivity contribution in [3.8, 4) is 5.75 Å². The minimum absolute atomic E-state index is 0.439. The number of nitrogens with zero attached hydrogens (tertiary/aromatic N) is 2. The molecule has 1 aromatic carbocycles. The average Bonchev–Trinajstić information content (AvgIpc) is 2.83. The molecule has 0 atom stereocenters. The van der Waals surface area contributed by atoms with Crippen LogP contribution in [-0.2, 0) is 19.5 Å². The molecule has 0 aliphatic heterocycles. The van der Waals surface area contributed by atoms with Crippen LogP contribution >= 0.6 is 11.6 Å². The molecular weight excluding hydrogens is 262 g/mol. The Balaban J connectivity index is 2.04. The summed E-state index contributed by atoms with van der Waals surface area (Å²) in [7, 11) is 1.91. The van der Waals surface area contributed by atoms with Crippen LogP contribution in [0, 0.1) is 0 Å². The number of hydrogen-bond acceptors (Lipinski definition) is 3. The van der Waals surface area contributed by atoms with Gasteiger partial charge in [0.15, 0.2) is 0 Å². The highest BCUT2D eigenvalue weighted by atomic mass is 35.5. The lowest BCUT2D eigenvalue weighted by Gasteiger charge is -2.11. The molecule has 1 N–H and O–H groups in total. The third kappa shape index (κ3) is 3.64. The zero-order chi connectivity index (χ0) is 13.7. The maximum atomic E-state index is 5.94. The van der Waals surface area contributed by atoms with Gasteiger partial charge in [0.1, 0.15) is 5.75 Å². The van der Waals surface area contributed by atoms with E-state index in [0.717, 1.165) is 22.7 Å². The molecule has 0 aliphatic rings. The van der Waals surface area contributed by atoms with E-state index in [0.29, 0.717) is 19.0 Å². The van der Waals surface area contributed by atoms with Crippen LogP contribution in [0.1, 0.15) is 18.2 Å². The number of ether oxygens (including phenoxy) is 1. The number of alkyl halides is 1. The van der Waals surface area contributed by atoms with Crippen LogP contribution in [0.2, 0.25) is 0 Å². The van der Waals surface area contributed by atoms with E-state index in [1.807, 2.05) is 44.4 Å². The lowest BCUT2D eigenvalue weighted by atomic mass is 10.2. The monoisotopic (exact) mass is 279 g/mol. The fourth-order valence-electron chi connectivity index (χ4n) is 1.84. The normalized spacial score (nSPS) is 10.5. The number of aryl methyl sites for hydroxylation is 1. The van der Waals surface area contributed by atoms with Gasteiger partial charge < -0.3 is 10.1 Å². The summed E-state index contributed by atoms with van der Waals surface area (Å²) in [6.45, 7) is 3.30. The van der Waals surface area contributed by atoms with Gasteiger partial charge in [-0.3, -0.25) is 4.68 Å². The Hall–Kier alpha value is -1.68. The fourth-order valence-corrected chi connectivity index (χ4v) is 2.05. The minimum Gasteiger partial charge on any atom is -0.494 e. The molecule has 0 saturated carbocycles. The molecule has 4 nitrogen and oxygen atoms in total. The van der Waals surface area contributed by atoms with Gasteiger partial charge in [0, 0.05) is 24.5 Å². The molecule has 0 bridgehead atoms. The largest absolute Gasteiger partial charge is 0.494 e. The van der Waals surface area contributed by atoms with Crippen molar-refractivity contribution in [2.75, 3.05) is 11.9 Å². The maximum Gasteiger partial charge on any atom is 0.123 e. The summed E-state index contributed by atoms with van der Waals surface area (Å²) in [6, 6.07) is 7.94. The highest BCUT2D eigenvalue weighted by Gasteiger charge is 2.04. The smallest absolute Gasteiger partial charge is 0.123 e. The number of nitrogens with one attached hydrogen (secondary N) is 1. The molecule has 102 valence electrons. The van der Waals surface area contributed by atoms with Gasteiger partial charge in [-0.1, -0.05) is 0 Å². The summed E-state index contributed by atoms with van der Waals surface area (Å²) in [6.07, 6.45) is 1.93. The summed E-state index contributed by atoms with van der Waals surface area (Å²) in [5.74, 6) is 1.29. The second kappa shape index (κ2) is 6.48. The summed E-state index contributed by atoms with van der Waals surface area (Å²) in [4.78, 5) is 0. The molecular formula is C14H18ClN3O. The van der Waals surface area contributed by atoms with E-state index in [-0.39, 0.29) is 0 Å². The van der Waals surface area contributed by atoms with E-state index in [2.05, 4.69) is 10.4 Å². The number of hydrogen-bond donors (Lipinski definition) is 1. The first-order chi connectivity index (χ1) is 9.22. The molecule has 0 unspecified atom stereocenters. The zero-order valence-electron chi connectivity index (χ0n) is 11.2. The SMILES string of the molecule is CCOc1ccc(NCc2ccn(C)n2)cc1CCl. The second-order valence-electron chi connectivity index (χ2n) is 4.22. The molecule has 0 fully saturated rings. The van der Waals surface area contributed by atoms with E-state index < -0.39 is 0 Å². The summed E-state index contributed by atoms with van der Waals surface area (Å²) in [5.41, 5.74) is 3.02. The Morgan fingerprint density at radius 1 is 1.37 bits per heavy atom. The van der Waals surface area contributed by atoms with Crippen LogP contribution < -0.4 is 10.1 Å². The van der Waals surface area contributed by atoms with Gasteiger partial charge >= 0.3 is 0 Å². The van der Waals surface area contributed by atoms with Crippen molar-refractivity contribution < 1.29 is 4.74 Å². The number of benzene rings is 1. The predicted octanol–water partition coefficient (Wildman–Crippen LogP) is 3.17. The topological polar surface area (TPSA) is 39.1 Å². The standard InChI is InChI=1S/C14H18ClN3O/c1-3-19-14-5-4-12(8-11(14)9-15)16-10-13-6-7-18(2)17-13/h4-8,16H,3,9-10H2,1-2H3. The van der Waals surface area contributed by atoms with Crippen molar-refractivity contribution in [3.63, 3.8) is 0 Å². The molecule has 2 rings (SSSR count). The number of halogens is 1. The van der Waals surface area contributed by atoms with Gasteiger partial charge in [-0.05, 0) is 31.2 Å². The molecule has 1 aromatic heterocycles. The molecule has 5 heteroatoms. The lowest BCUT2D eigenvalue weighted by Crippen LogP contribution is -2.02. The Labute approximate surface area is 118 Å². The van der Waals surface area contributed by atoms with Gasteiger partial charge in [0.25, 0.3) is 0 Å². The van der Waals surface area contributed by atoms with Gasteiger partial charge in [-0.25, -0.2) is 0 Å². The third-order valence-corrected chi connectivity index (χ3v) is 3.03. The number of rotatable bonds is 6. The minimum atomic E-state index is 0.439. The Morgan fingerprint density at radius 3 is 2.84 bits per heavy atom. The molecule has 0 aliphatic carbocycles. The molecule has 0 amide bonds. The van der Waals surface area contributed by atoms with E-state index in [1.165, 1.54) is 0 Å². The van der Waals surface area contributed by atoms with Crippen molar-refractivity contribution in [1.29, 1.82) is 0 Å². The first kappa shape index (κ1) is 13.7. The number of aromatic nitrogens is 2. The van der Waals surface area contributed by atoms with Crippen molar-refractivity contribution in [2.45, 2.75) is 19.3 Å². The maximum absolute atomic E-state index is 5.94. The second-order valence-corrected chi connectivity index (χ2v) is 4.49. The van der Waals surface area contributed by atoms with Crippen molar-refractivity contribution in [2.24, 2.45) is 7.05 Å². The van der Waals surface area contributed by atoms with E-state index in [1.54, 1.807) is 4.68 Å². The van der Waals surface area contributed by atoms with Crippen molar-refractivity contribution in [1.82, 2.24) is 9.78 Å². The quantitative estimate of drug-likeness (QED) is 0.826. The third-order valence-electron chi connectivity index (χ3n) is 2.75. The Kier molecular flexibility index (Phi) is 4.68. The van der Waals surface area contributed by atoms with Crippen molar-refractivity contribution >= 4 is 17.3 Å². The highest BCUT2D eigenvalue weighted by Crippen LogP contribution is 2.24. The molecule has 0 spiro atoms. The van der Waals surface area contributed by atoms with E-state index >= 15 is 0 Å². The molecule has 2 aromatic rings. The van der Waals surface area contributed by atoms with Crippen molar-refractivity contribution in [3.05, 3.63) is 41.7 Å². The molecule has 0 saturated heterocycles. The van der Waals surface area contributed by atoms with Gasteiger partial charge in [-0.15, -0.1) is 11.6 Å². The van der Waals surface area contributed by atoms with Gasteiger partial charge in [0.2, 0.25) is 0 Å². The van der Waals surface area contributed by atoms with Gasteiger partial charge in [-0.2, -0.15) is 5.10 Å². The van der Waals surface area contributed by atoms with Crippen LogP contribution in [0.25, 0.3) is 0 Å². The summed E-state index contributed by atoms with van der Waals surface area (Å²) >= 11 is 5.94. The first-order valence-corrected chi connectivity index (χ1v) is 6.80. The Morgan fingerprint density at radius 2 is 2.21 bits per heavy atom. The average molecular weight is 280 g/mol. The van der Waals surface area contributed by atoms with Crippen LogP contribution in [0.15, 0.2) is 30.5 Å². The molecule has 1 heterocycles. The summed E-state index contributed by atoms with van der Waals surface area (Å²) in [5, 5.41) is 7.65. The van der Waals surface area contributed by atoms with Gasteiger partial charge in [0.05, 0.1) is 24.7 Å². The van der Waals surface area contributed by atoms with E-state index in [4.69, 9.17) is 16.3 Å². The molecule has 0 radical (unpaired) electrons. The predicted molar refractivity (Wildman–Crippen MR) is 77.7 cm³/mol. The summed E-state index contributed by atoms with van der Waals surface area (Å²) < 4.78 is 7.31. The van der Waals surface area contributed by atoms with Crippen LogP contribution in [0.3, 0.4) is 0 Å². The first-order valence-electron chi connectivity index (χ1n) is 6.27. The Bertz CT molecular complexity index is 539. The highest BCUT2D eigenvalue weighted by molar-refractivity contribution is 6.17. The fraction of sp³-hybridized carbons (Fsp3) is 0.357. The van der Waals surface area contributed by atoms with Crippen LogP contribution in [0.4, 0.5) is 5.69 Å². The van der Waals surface area contributed by atoms with E-state index in [9.17, 15) is 0 Å². The van der Waals surface area contributed by atoms with Crippen LogP contribution in [-0.4, -0.2) is 16.4 Å².